The molecule has 1 saturated heterocycles. The van der Waals surface area contributed by atoms with Gasteiger partial charge in [0.05, 0.1) is 23.6 Å². The van der Waals surface area contributed by atoms with Gasteiger partial charge in [-0.15, -0.1) is 0 Å². The molecule has 0 aliphatic carbocycles. The Morgan fingerprint density at radius 2 is 1.82 bits per heavy atom. The van der Waals surface area contributed by atoms with Crippen LogP contribution in [0.25, 0.3) is 22.3 Å². The molecule has 2 N–H and O–H groups in total. The first-order valence-electron chi connectivity index (χ1n) is 12.3. The standard InChI is InChI=1S/C26H26F2N8O2/c1-26(2)11-21-32-23-17(27)9-15(10-19(23)36(21)14-26)22-18(28)13-30-24(33-22)31-20-4-3-16(12-29-20)34-5-7-35(8-6-34)25(37)38/h3-4,9-10,12-13H,5-8,11,14H2,1-2H3,(H,37,38)(H,29,30,31,33). The molecule has 1 amide bonds. The van der Waals surface area contributed by atoms with Crippen molar-refractivity contribution >= 4 is 34.6 Å². The van der Waals surface area contributed by atoms with Crippen molar-refractivity contribution in [1.29, 1.82) is 0 Å². The Morgan fingerprint density at radius 3 is 2.53 bits per heavy atom. The van der Waals surface area contributed by atoms with E-state index in [0.717, 1.165) is 24.1 Å². The summed E-state index contributed by atoms with van der Waals surface area (Å²) in [6.45, 7) is 6.97. The van der Waals surface area contributed by atoms with E-state index in [-0.39, 0.29) is 22.6 Å². The number of fused-ring (bicyclic) bond motifs is 3. The van der Waals surface area contributed by atoms with Crippen LogP contribution in [0.2, 0.25) is 0 Å². The van der Waals surface area contributed by atoms with Crippen LogP contribution in [0.3, 0.4) is 0 Å². The lowest BCUT2D eigenvalue weighted by molar-refractivity contribution is 0.142. The third-order valence-electron chi connectivity index (χ3n) is 7.03. The number of carboxylic acid groups (broad SMARTS) is 1. The van der Waals surface area contributed by atoms with E-state index in [9.17, 15) is 9.18 Å². The Bertz CT molecular complexity index is 1550. The minimum Gasteiger partial charge on any atom is -0.465 e. The van der Waals surface area contributed by atoms with Crippen molar-refractivity contribution in [3.63, 3.8) is 0 Å². The summed E-state index contributed by atoms with van der Waals surface area (Å²) in [5.41, 5.74) is 2.06. The number of hydrogen-bond acceptors (Lipinski definition) is 7. The summed E-state index contributed by atoms with van der Waals surface area (Å²) < 4.78 is 31.8. The summed E-state index contributed by atoms with van der Waals surface area (Å²) in [6, 6.07) is 6.58. The van der Waals surface area contributed by atoms with Crippen LogP contribution in [0.15, 0.2) is 36.7 Å². The van der Waals surface area contributed by atoms with Gasteiger partial charge in [-0.3, -0.25) is 0 Å². The van der Waals surface area contributed by atoms with Crippen LogP contribution in [0, 0.1) is 17.0 Å². The first kappa shape index (κ1) is 24.0. The number of nitrogens with one attached hydrogen (secondary N) is 1. The van der Waals surface area contributed by atoms with Crippen molar-refractivity contribution < 1.29 is 18.7 Å². The highest BCUT2D eigenvalue weighted by Gasteiger charge is 2.32. The second kappa shape index (κ2) is 8.89. The van der Waals surface area contributed by atoms with Gasteiger partial charge in [0.1, 0.15) is 22.9 Å². The lowest BCUT2D eigenvalue weighted by Gasteiger charge is -2.34. The molecule has 5 heterocycles. The van der Waals surface area contributed by atoms with Crippen molar-refractivity contribution in [3.05, 3.63) is 54.1 Å². The highest BCUT2D eigenvalue weighted by Crippen LogP contribution is 2.36. The number of rotatable bonds is 4. The lowest BCUT2D eigenvalue weighted by Crippen LogP contribution is -2.48. The average molecular weight is 521 g/mol. The highest BCUT2D eigenvalue weighted by atomic mass is 19.1. The molecule has 0 spiro atoms. The summed E-state index contributed by atoms with van der Waals surface area (Å²) in [5, 5.41) is 12.1. The molecule has 1 fully saturated rings. The van der Waals surface area contributed by atoms with Crippen LogP contribution >= 0.6 is 0 Å². The van der Waals surface area contributed by atoms with Gasteiger partial charge in [-0.2, -0.15) is 0 Å². The number of amides is 1. The maximum atomic E-state index is 15.0. The van der Waals surface area contributed by atoms with E-state index in [1.165, 1.54) is 11.0 Å². The Labute approximate surface area is 217 Å². The van der Waals surface area contributed by atoms with Crippen LogP contribution < -0.4 is 10.2 Å². The van der Waals surface area contributed by atoms with Crippen molar-refractivity contribution in [2.24, 2.45) is 5.41 Å². The zero-order chi connectivity index (χ0) is 26.6. The molecule has 2 aliphatic heterocycles. The number of anilines is 3. The smallest absolute Gasteiger partial charge is 0.407 e. The van der Waals surface area contributed by atoms with Gasteiger partial charge >= 0.3 is 6.09 Å². The van der Waals surface area contributed by atoms with Gasteiger partial charge in [-0.1, -0.05) is 13.8 Å². The number of carbonyl (C=O) groups is 1. The van der Waals surface area contributed by atoms with E-state index < -0.39 is 17.7 Å². The topological polar surface area (TPSA) is 112 Å². The fraction of sp³-hybridized carbons (Fsp3) is 0.346. The van der Waals surface area contributed by atoms with Crippen LogP contribution in [0.1, 0.15) is 19.7 Å². The van der Waals surface area contributed by atoms with Gasteiger partial charge in [0.15, 0.2) is 11.6 Å². The fourth-order valence-corrected chi connectivity index (χ4v) is 5.14. The monoisotopic (exact) mass is 520 g/mol. The van der Waals surface area contributed by atoms with Crippen molar-refractivity contribution in [2.45, 2.75) is 26.8 Å². The van der Waals surface area contributed by atoms with E-state index in [2.05, 4.69) is 44.0 Å². The third kappa shape index (κ3) is 4.35. The summed E-state index contributed by atoms with van der Waals surface area (Å²) in [4.78, 5) is 31.8. The average Bonchev–Trinajstić information content (AvgIpc) is 3.38. The van der Waals surface area contributed by atoms with E-state index in [1.54, 1.807) is 18.3 Å². The van der Waals surface area contributed by atoms with Gasteiger partial charge in [-0.05, 0) is 29.7 Å². The molecule has 0 atom stereocenters. The van der Waals surface area contributed by atoms with Gasteiger partial charge < -0.3 is 24.8 Å². The third-order valence-corrected chi connectivity index (χ3v) is 7.03. The maximum Gasteiger partial charge on any atom is 0.407 e. The number of pyridine rings is 1. The van der Waals surface area contributed by atoms with Crippen LogP contribution in [-0.2, 0) is 13.0 Å². The molecular formula is C26H26F2N8O2. The van der Waals surface area contributed by atoms with Gasteiger partial charge in [0.25, 0.3) is 0 Å². The highest BCUT2D eigenvalue weighted by molar-refractivity contribution is 5.83. The number of nitrogens with zero attached hydrogens (tertiary/aromatic N) is 7. The Hall–Kier alpha value is -4.35. The molecule has 0 radical (unpaired) electrons. The predicted molar refractivity (Wildman–Crippen MR) is 137 cm³/mol. The molecule has 4 aromatic rings. The molecule has 6 rings (SSSR count). The molecule has 196 valence electrons. The molecule has 3 aromatic heterocycles. The van der Waals surface area contributed by atoms with Crippen molar-refractivity contribution in [2.75, 3.05) is 36.4 Å². The Kier molecular flexibility index (Phi) is 5.62. The summed E-state index contributed by atoms with van der Waals surface area (Å²) >= 11 is 0. The second-order valence-corrected chi connectivity index (χ2v) is 10.5. The summed E-state index contributed by atoms with van der Waals surface area (Å²) in [7, 11) is 0. The molecule has 1 aromatic carbocycles. The first-order chi connectivity index (χ1) is 18.2. The molecular weight excluding hydrogens is 494 g/mol. The van der Waals surface area contributed by atoms with E-state index >= 15 is 4.39 Å². The Morgan fingerprint density at radius 1 is 1.03 bits per heavy atom. The Balaban J connectivity index is 1.23. The molecule has 10 nitrogen and oxygen atoms in total. The van der Waals surface area contributed by atoms with Crippen molar-refractivity contribution in [3.8, 4) is 11.3 Å². The number of benzene rings is 1. The van der Waals surface area contributed by atoms with Crippen LogP contribution in [0.4, 0.5) is 31.0 Å². The fourth-order valence-electron chi connectivity index (χ4n) is 5.14. The molecule has 2 aliphatic rings. The van der Waals surface area contributed by atoms with Gasteiger partial charge in [0, 0.05) is 44.7 Å². The van der Waals surface area contributed by atoms with Crippen LogP contribution in [-0.4, -0.2) is 66.8 Å². The zero-order valence-corrected chi connectivity index (χ0v) is 20.9. The number of aromatic nitrogens is 5. The molecule has 0 bridgehead atoms. The van der Waals surface area contributed by atoms with Crippen molar-refractivity contribution in [1.82, 2.24) is 29.4 Å². The SMILES string of the molecule is CC1(C)Cc2nc3c(F)cc(-c4nc(Nc5ccc(N6CCN(C(=O)O)CC6)cn5)ncc4F)cc3n2C1. The second-order valence-electron chi connectivity index (χ2n) is 10.5. The summed E-state index contributed by atoms with van der Waals surface area (Å²) in [5.74, 6) is 0.209. The lowest BCUT2D eigenvalue weighted by atomic mass is 9.92. The quantitative estimate of drug-likeness (QED) is 0.410. The zero-order valence-electron chi connectivity index (χ0n) is 20.9. The molecule has 38 heavy (non-hydrogen) atoms. The van der Waals surface area contributed by atoms with E-state index in [1.807, 2.05) is 10.6 Å². The molecule has 12 heteroatoms. The normalized spacial score (nSPS) is 16.6. The first-order valence-corrected chi connectivity index (χ1v) is 12.3. The number of imidazole rings is 1. The van der Waals surface area contributed by atoms with Crippen LogP contribution in [0.5, 0.6) is 0 Å². The largest absolute Gasteiger partial charge is 0.465 e. The summed E-state index contributed by atoms with van der Waals surface area (Å²) in [6.07, 6.45) is 2.56. The predicted octanol–water partition coefficient (Wildman–Crippen LogP) is 4.29. The van der Waals surface area contributed by atoms with E-state index in [4.69, 9.17) is 5.11 Å². The maximum absolute atomic E-state index is 15.0. The molecule has 0 saturated carbocycles. The minimum atomic E-state index is -0.915. The van der Waals surface area contributed by atoms with Gasteiger partial charge in [0.2, 0.25) is 5.95 Å². The number of hydrogen-bond donors (Lipinski definition) is 2. The molecule has 0 unspecified atom stereocenters. The van der Waals surface area contributed by atoms with Gasteiger partial charge in [-0.25, -0.2) is 33.5 Å². The number of halogens is 2. The minimum absolute atomic E-state index is 0.0234. The number of piperazine rings is 1. The van der Waals surface area contributed by atoms with E-state index in [0.29, 0.717) is 49.6 Å².